The minimum atomic E-state index is -0.195. The number of benzene rings is 2. The van der Waals surface area contributed by atoms with E-state index in [2.05, 4.69) is 23.7 Å². The summed E-state index contributed by atoms with van der Waals surface area (Å²) in [6, 6.07) is 11.8. The normalized spacial score (nSPS) is 18.4. The van der Waals surface area contributed by atoms with Crippen molar-refractivity contribution in [3.05, 3.63) is 53.1 Å². The van der Waals surface area contributed by atoms with Crippen LogP contribution in [0.1, 0.15) is 22.7 Å². The molecule has 2 atom stereocenters. The van der Waals surface area contributed by atoms with Crippen LogP contribution in [-0.4, -0.2) is 40.4 Å². The zero-order chi connectivity index (χ0) is 19.4. The Morgan fingerprint density at radius 1 is 1.15 bits per heavy atom. The molecule has 1 heterocycles. The van der Waals surface area contributed by atoms with Crippen LogP contribution in [0.5, 0.6) is 11.5 Å². The molecule has 0 aromatic heterocycles. The zero-order valence-corrected chi connectivity index (χ0v) is 16.4. The first-order valence-electron chi connectivity index (χ1n) is 9.20. The molecule has 0 spiro atoms. The summed E-state index contributed by atoms with van der Waals surface area (Å²) in [6.45, 7) is 3.58. The topological polar surface area (TPSA) is 64.0 Å². The quantitative estimate of drug-likeness (QED) is 0.754. The Morgan fingerprint density at radius 3 is 2.48 bits per heavy atom. The third kappa shape index (κ3) is 4.34. The molecule has 3 N–H and O–H groups in total. The Labute approximate surface area is 160 Å². The molecule has 6 nitrogen and oxygen atoms in total. The summed E-state index contributed by atoms with van der Waals surface area (Å²) >= 11 is 0. The van der Waals surface area contributed by atoms with Crippen LogP contribution < -0.4 is 25.0 Å². The first kappa shape index (κ1) is 19.0. The lowest BCUT2D eigenvalue weighted by Crippen LogP contribution is -3.11. The van der Waals surface area contributed by atoms with E-state index in [4.69, 9.17) is 9.47 Å². The number of aryl methyl sites for hydroxylation is 1. The molecule has 144 valence electrons. The summed E-state index contributed by atoms with van der Waals surface area (Å²) in [4.78, 5) is 13.7. The number of nitrogens with one attached hydrogen (secondary N) is 3. The number of urea groups is 1. The van der Waals surface area contributed by atoms with E-state index in [1.807, 2.05) is 37.3 Å². The van der Waals surface area contributed by atoms with E-state index >= 15 is 0 Å². The van der Waals surface area contributed by atoms with E-state index in [1.54, 1.807) is 14.2 Å². The van der Waals surface area contributed by atoms with E-state index in [-0.39, 0.29) is 12.1 Å². The third-order valence-corrected chi connectivity index (χ3v) is 5.18. The fourth-order valence-corrected chi connectivity index (χ4v) is 3.54. The Morgan fingerprint density at radius 2 is 1.81 bits per heavy atom. The molecule has 0 radical (unpaired) electrons. The largest absolute Gasteiger partial charge is 0.493 e. The maximum atomic E-state index is 12.3. The minimum Gasteiger partial charge on any atom is -0.493 e. The molecular formula is C21H28N3O3+. The van der Waals surface area contributed by atoms with Crippen LogP contribution in [0, 0.1) is 6.92 Å². The van der Waals surface area contributed by atoms with Crippen LogP contribution in [0.2, 0.25) is 0 Å². The van der Waals surface area contributed by atoms with Gasteiger partial charge >= 0.3 is 6.03 Å². The van der Waals surface area contributed by atoms with E-state index in [1.165, 1.54) is 16.0 Å². The third-order valence-electron chi connectivity index (χ3n) is 5.18. The van der Waals surface area contributed by atoms with Gasteiger partial charge in [0, 0.05) is 17.7 Å². The highest BCUT2D eigenvalue weighted by Crippen LogP contribution is 2.33. The van der Waals surface area contributed by atoms with Crippen molar-refractivity contribution in [2.75, 3.05) is 39.7 Å². The van der Waals surface area contributed by atoms with Crippen molar-refractivity contribution in [2.45, 2.75) is 19.4 Å². The molecular weight excluding hydrogens is 342 g/mol. The van der Waals surface area contributed by atoms with Crippen LogP contribution in [-0.2, 0) is 6.42 Å². The van der Waals surface area contributed by atoms with Gasteiger partial charge in [0.05, 0.1) is 34.4 Å². The average molecular weight is 370 g/mol. The second-order valence-corrected chi connectivity index (χ2v) is 7.01. The molecule has 27 heavy (non-hydrogen) atoms. The molecule has 2 aromatic carbocycles. The lowest BCUT2D eigenvalue weighted by atomic mass is 9.92. The molecule has 1 aliphatic rings. The first-order chi connectivity index (χ1) is 13.0. The Hall–Kier alpha value is -2.73. The van der Waals surface area contributed by atoms with Gasteiger partial charge in [0.1, 0.15) is 6.04 Å². The summed E-state index contributed by atoms with van der Waals surface area (Å²) in [7, 11) is 5.45. The second kappa shape index (κ2) is 8.31. The van der Waals surface area contributed by atoms with Gasteiger partial charge in [-0.2, -0.15) is 0 Å². The number of quaternary nitrogens is 1. The number of anilines is 1. The van der Waals surface area contributed by atoms with E-state index in [0.717, 1.165) is 35.7 Å². The number of amides is 2. The molecule has 0 bridgehead atoms. The molecule has 0 saturated carbocycles. The van der Waals surface area contributed by atoms with Crippen molar-refractivity contribution in [1.82, 2.24) is 5.32 Å². The van der Waals surface area contributed by atoms with Crippen LogP contribution in [0.15, 0.2) is 36.4 Å². The zero-order valence-electron chi connectivity index (χ0n) is 16.4. The summed E-state index contributed by atoms with van der Waals surface area (Å²) in [6.07, 6.45) is 0.980. The lowest BCUT2D eigenvalue weighted by molar-refractivity contribution is -0.913. The summed E-state index contributed by atoms with van der Waals surface area (Å²) in [5.41, 5.74) is 4.40. The minimum absolute atomic E-state index is 0.164. The highest BCUT2D eigenvalue weighted by atomic mass is 16.5. The van der Waals surface area contributed by atoms with E-state index in [0.29, 0.717) is 6.54 Å². The molecule has 0 aliphatic carbocycles. The first-order valence-corrected chi connectivity index (χ1v) is 9.20. The van der Waals surface area contributed by atoms with E-state index < -0.39 is 0 Å². The standard InChI is InChI=1S/C21H27N3O3/c1-14-5-7-16(8-6-14)23-21(25)22-13-18-17-12-20(27-4)19(26-3)11-15(17)9-10-24(18)2/h5-8,11-12,18H,9-10,13H2,1-4H3,(H2,22,23,25)/p+1/t18-/m1/s1. The van der Waals surface area contributed by atoms with Crippen LogP contribution in [0.3, 0.4) is 0 Å². The molecule has 1 unspecified atom stereocenters. The molecule has 3 rings (SSSR count). The number of methoxy groups -OCH3 is 2. The molecule has 2 amide bonds. The SMILES string of the molecule is COc1cc2c(cc1OC)[C@@H](CNC(=O)Nc1ccc(C)cc1)[NH+](C)CC2. The average Bonchev–Trinajstić information content (AvgIpc) is 2.68. The van der Waals surface area contributed by atoms with Crippen LogP contribution >= 0.6 is 0 Å². The van der Waals surface area contributed by atoms with Gasteiger partial charge in [-0.25, -0.2) is 4.79 Å². The van der Waals surface area contributed by atoms with Gasteiger partial charge in [0.2, 0.25) is 0 Å². The molecule has 1 aliphatic heterocycles. The summed E-state index contributed by atoms with van der Waals surface area (Å²) in [5.74, 6) is 1.47. The number of ether oxygens (including phenoxy) is 2. The van der Waals surface area contributed by atoms with Gasteiger partial charge in [0.15, 0.2) is 11.5 Å². The monoisotopic (exact) mass is 370 g/mol. The number of likely N-dealkylation sites (N-methyl/N-ethyl adjacent to an activating group) is 1. The summed E-state index contributed by atoms with van der Waals surface area (Å²) in [5, 5.41) is 5.89. The van der Waals surface area contributed by atoms with Crippen molar-refractivity contribution < 1.29 is 19.2 Å². The van der Waals surface area contributed by atoms with Crippen molar-refractivity contribution in [1.29, 1.82) is 0 Å². The Bertz CT molecular complexity index is 805. The number of fused-ring (bicyclic) bond motifs is 1. The van der Waals surface area contributed by atoms with Crippen molar-refractivity contribution in [3.8, 4) is 11.5 Å². The van der Waals surface area contributed by atoms with Gasteiger partial charge in [0.25, 0.3) is 0 Å². The number of rotatable bonds is 5. The second-order valence-electron chi connectivity index (χ2n) is 7.01. The van der Waals surface area contributed by atoms with Gasteiger partial charge in [-0.05, 0) is 36.8 Å². The van der Waals surface area contributed by atoms with Gasteiger partial charge < -0.3 is 25.0 Å². The fourth-order valence-electron chi connectivity index (χ4n) is 3.54. The smallest absolute Gasteiger partial charge is 0.319 e. The predicted molar refractivity (Wildman–Crippen MR) is 106 cm³/mol. The maximum absolute atomic E-state index is 12.3. The van der Waals surface area contributed by atoms with Gasteiger partial charge in [-0.3, -0.25) is 0 Å². The fraction of sp³-hybridized carbons (Fsp3) is 0.381. The van der Waals surface area contributed by atoms with Crippen molar-refractivity contribution in [2.24, 2.45) is 0 Å². The Kier molecular flexibility index (Phi) is 5.86. The summed E-state index contributed by atoms with van der Waals surface area (Å²) < 4.78 is 10.9. The number of carbonyl (C=O) groups excluding carboxylic acids is 1. The highest BCUT2D eigenvalue weighted by Gasteiger charge is 2.30. The number of hydrogen-bond acceptors (Lipinski definition) is 3. The maximum Gasteiger partial charge on any atom is 0.319 e. The predicted octanol–water partition coefficient (Wildman–Crippen LogP) is 1.95. The van der Waals surface area contributed by atoms with Crippen molar-refractivity contribution in [3.63, 3.8) is 0 Å². The Balaban J connectivity index is 1.71. The van der Waals surface area contributed by atoms with Crippen LogP contribution in [0.25, 0.3) is 0 Å². The van der Waals surface area contributed by atoms with Gasteiger partial charge in [-0.1, -0.05) is 17.7 Å². The lowest BCUT2D eigenvalue weighted by Gasteiger charge is -2.32. The molecule has 6 heteroatoms. The number of carbonyl (C=O) groups is 1. The number of hydrogen-bond donors (Lipinski definition) is 3. The molecule has 2 aromatic rings. The van der Waals surface area contributed by atoms with Crippen molar-refractivity contribution >= 4 is 11.7 Å². The molecule has 0 saturated heterocycles. The van der Waals surface area contributed by atoms with Gasteiger partial charge in [-0.15, -0.1) is 0 Å². The van der Waals surface area contributed by atoms with E-state index in [9.17, 15) is 4.79 Å². The van der Waals surface area contributed by atoms with Crippen LogP contribution in [0.4, 0.5) is 10.5 Å². The molecule has 0 fully saturated rings. The highest BCUT2D eigenvalue weighted by molar-refractivity contribution is 5.89.